The van der Waals surface area contributed by atoms with Gasteiger partial charge in [-0.2, -0.15) is 0 Å². The highest BCUT2D eigenvalue weighted by atomic mass is 35.5. The van der Waals surface area contributed by atoms with Crippen LogP contribution in [-0.4, -0.2) is 22.5 Å². The molecular formula is C23H17Cl3N2O2S. The largest absolute Gasteiger partial charge is 0.457 e. The van der Waals surface area contributed by atoms with Crippen LogP contribution in [0.3, 0.4) is 0 Å². The number of nitrogens with zero attached hydrogens (tertiary/aromatic N) is 2. The van der Waals surface area contributed by atoms with Crippen LogP contribution in [0.2, 0.25) is 15.1 Å². The second-order valence-electron chi connectivity index (χ2n) is 6.77. The Balaban J connectivity index is 1.61. The molecule has 0 unspecified atom stereocenters. The van der Waals surface area contributed by atoms with Crippen molar-refractivity contribution in [2.24, 2.45) is 4.99 Å². The molecule has 0 atom stereocenters. The Bertz CT molecular complexity index is 1190. The lowest BCUT2D eigenvalue weighted by Crippen LogP contribution is -2.29. The Morgan fingerprint density at radius 1 is 1.03 bits per heavy atom. The van der Waals surface area contributed by atoms with Crippen molar-refractivity contribution in [1.29, 1.82) is 0 Å². The third kappa shape index (κ3) is 5.01. The highest BCUT2D eigenvalue weighted by molar-refractivity contribution is 8.18. The molecule has 0 radical (unpaired) electrons. The summed E-state index contributed by atoms with van der Waals surface area (Å²) in [5, 5.41) is 2.21. The number of amidine groups is 1. The lowest BCUT2D eigenvalue weighted by Gasteiger charge is -2.13. The molecule has 0 N–H and O–H groups in total. The minimum atomic E-state index is -0.0907. The van der Waals surface area contributed by atoms with Gasteiger partial charge in [-0.25, -0.2) is 4.99 Å². The van der Waals surface area contributed by atoms with E-state index in [0.29, 0.717) is 43.2 Å². The maximum atomic E-state index is 13.0. The Labute approximate surface area is 199 Å². The van der Waals surface area contributed by atoms with Crippen molar-refractivity contribution in [2.45, 2.75) is 13.3 Å². The molecule has 0 bridgehead atoms. The third-order valence-electron chi connectivity index (χ3n) is 4.49. The van der Waals surface area contributed by atoms with Gasteiger partial charge in [-0.15, -0.1) is 0 Å². The second kappa shape index (κ2) is 9.53. The summed E-state index contributed by atoms with van der Waals surface area (Å²) in [5.41, 5.74) is 1.55. The SMILES string of the molecule is CCCN1C(=O)/C(=C/c2ccc(-c3ccc(Cl)c(Cl)c3)o2)SC1=Nc1ccc(Cl)cc1. The summed E-state index contributed by atoms with van der Waals surface area (Å²) in [5.74, 6) is 1.12. The lowest BCUT2D eigenvalue weighted by molar-refractivity contribution is -0.122. The van der Waals surface area contributed by atoms with E-state index in [1.807, 2.05) is 37.3 Å². The van der Waals surface area contributed by atoms with Crippen LogP contribution < -0.4 is 0 Å². The molecule has 31 heavy (non-hydrogen) atoms. The van der Waals surface area contributed by atoms with Crippen molar-refractivity contribution in [1.82, 2.24) is 4.90 Å². The number of benzene rings is 2. The smallest absolute Gasteiger partial charge is 0.266 e. The van der Waals surface area contributed by atoms with Gasteiger partial charge in [0, 0.05) is 23.2 Å². The zero-order valence-electron chi connectivity index (χ0n) is 16.4. The first-order valence-corrected chi connectivity index (χ1v) is 11.5. The van der Waals surface area contributed by atoms with E-state index in [1.54, 1.807) is 35.2 Å². The van der Waals surface area contributed by atoms with Crippen molar-refractivity contribution in [3.05, 3.63) is 80.3 Å². The van der Waals surface area contributed by atoms with Gasteiger partial charge < -0.3 is 4.42 Å². The Kier molecular flexibility index (Phi) is 6.77. The molecule has 1 aliphatic heterocycles. The molecule has 4 nitrogen and oxygen atoms in total. The molecule has 1 aromatic heterocycles. The second-order valence-corrected chi connectivity index (χ2v) is 9.03. The normalized spacial score (nSPS) is 16.6. The van der Waals surface area contributed by atoms with Crippen molar-refractivity contribution in [3.63, 3.8) is 0 Å². The molecule has 0 spiro atoms. The Morgan fingerprint density at radius 2 is 1.81 bits per heavy atom. The molecule has 158 valence electrons. The number of halogens is 3. The quantitative estimate of drug-likeness (QED) is 0.340. The van der Waals surface area contributed by atoms with Crippen LogP contribution in [-0.2, 0) is 4.79 Å². The van der Waals surface area contributed by atoms with Crippen molar-refractivity contribution < 1.29 is 9.21 Å². The van der Waals surface area contributed by atoms with Crippen LogP contribution in [0, 0.1) is 0 Å². The fraction of sp³-hybridized carbons (Fsp3) is 0.130. The van der Waals surface area contributed by atoms with Gasteiger partial charge in [-0.3, -0.25) is 9.69 Å². The van der Waals surface area contributed by atoms with Gasteiger partial charge >= 0.3 is 0 Å². The van der Waals surface area contributed by atoms with E-state index in [9.17, 15) is 4.79 Å². The van der Waals surface area contributed by atoms with Gasteiger partial charge in [0.15, 0.2) is 5.17 Å². The number of aliphatic imine (C=N–C) groups is 1. The molecule has 8 heteroatoms. The molecule has 1 saturated heterocycles. The molecule has 4 rings (SSSR count). The van der Waals surface area contributed by atoms with Gasteiger partial charge in [0.25, 0.3) is 5.91 Å². The number of hydrogen-bond donors (Lipinski definition) is 0. The highest BCUT2D eigenvalue weighted by Gasteiger charge is 2.33. The Hall–Kier alpha value is -2.18. The maximum Gasteiger partial charge on any atom is 0.266 e. The lowest BCUT2D eigenvalue weighted by atomic mass is 10.2. The first-order valence-electron chi connectivity index (χ1n) is 9.55. The summed E-state index contributed by atoms with van der Waals surface area (Å²) >= 11 is 19.4. The van der Waals surface area contributed by atoms with Crippen LogP contribution >= 0.6 is 46.6 Å². The molecule has 1 aliphatic rings. The summed E-state index contributed by atoms with van der Waals surface area (Å²) in [6, 6.07) is 16.1. The molecule has 0 aliphatic carbocycles. The summed E-state index contributed by atoms with van der Waals surface area (Å²) in [7, 11) is 0. The molecule has 2 aromatic carbocycles. The Morgan fingerprint density at radius 3 is 2.52 bits per heavy atom. The van der Waals surface area contributed by atoms with Gasteiger partial charge in [-0.1, -0.05) is 41.7 Å². The number of thioether (sulfide) groups is 1. The number of amides is 1. The molecule has 2 heterocycles. The van der Waals surface area contributed by atoms with E-state index < -0.39 is 0 Å². The van der Waals surface area contributed by atoms with Crippen LogP contribution in [0.1, 0.15) is 19.1 Å². The van der Waals surface area contributed by atoms with Crippen LogP contribution in [0.15, 0.2) is 68.9 Å². The average Bonchev–Trinajstić information content (AvgIpc) is 3.33. The zero-order valence-corrected chi connectivity index (χ0v) is 19.5. The van der Waals surface area contributed by atoms with Crippen molar-refractivity contribution >= 4 is 69.4 Å². The number of furan rings is 1. The number of rotatable bonds is 5. The topological polar surface area (TPSA) is 45.8 Å². The fourth-order valence-electron chi connectivity index (χ4n) is 3.00. The van der Waals surface area contributed by atoms with Crippen LogP contribution in [0.5, 0.6) is 0 Å². The standard InChI is InChI=1S/C23H17Cl3N2O2S/c1-2-11-28-22(29)21(31-23(28)27-16-6-4-15(24)5-7-16)13-17-8-10-20(30-17)14-3-9-18(25)19(26)12-14/h3-10,12-13H,2,11H2,1H3/b21-13-,27-23?. The number of carbonyl (C=O) groups excluding carboxylic acids is 1. The van der Waals surface area contributed by atoms with Crippen molar-refractivity contribution in [2.75, 3.05) is 6.54 Å². The summed E-state index contributed by atoms with van der Waals surface area (Å²) in [4.78, 5) is 19.9. The fourth-order valence-corrected chi connectivity index (χ4v) is 4.43. The van der Waals surface area contributed by atoms with Gasteiger partial charge in [0.1, 0.15) is 11.5 Å². The predicted molar refractivity (Wildman–Crippen MR) is 130 cm³/mol. The van der Waals surface area contributed by atoms with E-state index in [1.165, 1.54) is 11.8 Å². The van der Waals surface area contributed by atoms with Crippen LogP contribution in [0.4, 0.5) is 5.69 Å². The minimum Gasteiger partial charge on any atom is -0.457 e. The minimum absolute atomic E-state index is 0.0907. The summed E-state index contributed by atoms with van der Waals surface area (Å²) in [6.45, 7) is 2.61. The first kappa shape index (κ1) is 22.0. The maximum absolute atomic E-state index is 13.0. The first-order chi connectivity index (χ1) is 14.9. The highest BCUT2D eigenvalue weighted by Crippen LogP contribution is 2.36. The molecular weight excluding hydrogens is 475 g/mol. The molecule has 0 saturated carbocycles. The van der Waals surface area contributed by atoms with E-state index in [0.717, 1.165) is 17.7 Å². The van der Waals surface area contributed by atoms with Crippen LogP contribution in [0.25, 0.3) is 17.4 Å². The number of hydrogen-bond acceptors (Lipinski definition) is 4. The van der Waals surface area contributed by atoms with Crippen molar-refractivity contribution in [3.8, 4) is 11.3 Å². The van der Waals surface area contributed by atoms with E-state index in [-0.39, 0.29) is 5.91 Å². The zero-order chi connectivity index (χ0) is 22.0. The van der Waals surface area contributed by atoms with Gasteiger partial charge in [0.05, 0.1) is 20.6 Å². The summed E-state index contributed by atoms with van der Waals surface area (Å²) < 4.78 is 5.92. The van der Waals surface area contributed by atoms with Gasteiger partial charge in [0.2, 0.25) is 0 Å². The monoisotopic (exact) mass is 490 g/mol. The van der Waals surface area contributed by atoms with E-state index >= 15 is 0 Å². The molecule has 1 fully saturated rings. The third-order valence-corrected chi connectivity index (χ3v) is 6.49. The van der Waals surface area contributed by atoms with E-state index in [4.69, 9.17) is 39.2 Å². The van der Waals surface area contributed by atoms with Gasteiger partial charge in [-0.05, 0) is 72.8 Å². The molecule has 1 amide bonds. The summed E-state index contributed by atoms with van der Waals surface area (Å²) in [6.07, 6.45) is 2.56. The van der Waals surface area contributed by atoms with E-state index in [2.05, 4.69) is 4.99 Å². The number of carbonyl (C=O) groups is 1. The molecule has 3 aromatic rings. The average molecular weight is 492 g/mol. The predicted octanol–water partition coefficient (Wildman–Crippen LogP) is 7.92.